The van der Waals surface area contributed by atoms with E-state index in [2.05, 4.69) is 4.98 Å². The lowest BCUT2D eigenvalue weighted by Gasteiger charge is -2.22. The number of ether oxygens (including phenoxy) is 1. The third kappa shape index (κ3) is 5.22. The summed E-state index contributed by atoms with van der Waals surface area (Å²) >= 11 is 0. The van der Waals surface area contributed by atoms with Gasteiger partial charge in [-0.05, 0) is 44.0 Å². The number of nitrogens with one attached hydrogen (secondary N) is 1. The molecule has 0 fully saturated rings. The molecule has 2 N–H and O–H groups in total. The van der Waals surface area contributed by atoms with Crippen molar-refractivity contribution in [1.82, 2.24) is 9.88 Å². The highest BCUT2D eigenvalue weighted by atomic mass is 16.5. The summed E-state index contributed by atoms with van der Waals surface area (Å²) in [6.45, 7) is 6.05. The molecule has 0 aliphatic carbocycles. The van der Waals surface area contributed by atoms with Crippen LogP contribution in [-0.2, 0) is 27.4 Å². The van der Waals surface area contributed by atoms with Crippen molar-refractivity contribution in [2.75, 3.05) is 6.61 Å². The molecule has 8 heteroatoms. The number of H-pyrrole nitrogens is 1. The third-order valence-electron chi connectivity index (χ3n) is 4.25. The molecule has 1 amide bonds. The zero-order valence-electron chi connectivity index (χ0n) is 15.7. The van der Waals surface area contributed by atoms with Crippen LogP contribution >= 0.6 is 0 Å². The largest absolute Gasteiger partial charge is 0.481 e. The number of rotatable bonds is 9. The minimum Gasteiger partial charge on any atom is -0.481 e. The molecule has 2 rings (SSSR count). The van der Waals surface area contributed by atoms with E-state index in [0.29, 0.717) is 17.0 Å². The van der Waals surface area contributed by atoms with Gasteiger partial charge in [0.1, 0.15) is 11.5 Å². The summed E-state index contributed by atoms with van der Waals surface area (Å²) in [6, 6.07) is 3.47. The van der Waals surface area contributed by atoms with E-state index in [0.717, 1.165) is 11.3 Å². The highest BCUT2D eigenvalue weighted by Gasteiger charge is 2.23. The van der Waals surface area contributed by atoms with Crippen LogP contribution in [0.25, 0.3) is 0 Å². The number of carbonyl (C=O) groups is 3. The molecule has 0 unspecified atom stereocenters. The zero-order chi connectivity index (χ0) is 20.0. The number of hydrogen-bond acceptors (Lipinski definition) is 5. The lowest BCUT2D eigenvalue weighted by molar-refractivity contribution is -0.141. The first-order chi connectivity index (χ1) is 12.8. The Morgan fingerprint density at radius 3 is 2.56 bits per heavy atom. The minimum absolute atomic E-state index is 0.108. The van der Waals surface area contributed by atoms with E-state index in [1.165, 1.54) is 11.2 Å². The number of aromatic amines is 1. The van der Waals surface area contributed by atoms with Gasteiger partial charge in [0, 0.05) is 18.7 Å². The first kappa shape index (κ1) is 20.3. The Labute approximate surface area is 157 Å². The monoisotopic (exact) mass is 376 g/mol. The minimum atomic E-state index is -1.03. The van der Waals surface area contributed by atoms with E-state index in [4.69, 9.17) is 14.3 Å². The maximum absolute atomic E-state index is 12.6. The van der Waals surface area contributed by atoms with Crippen LogP contribution in [0.4, 0.5) is 0 Å². The molecule has 2 aromatic heterocycles. The van der Waals surface area contributed by atoms with Gasteiger partial charge in [-0.15, -0.1) is 0 Å². The van der Waals surface area contributed by atoms with E-state index in [9.17, 15) is 14.4 Å². The van der Waals surface area contributed by atoms with Crippen molar-refractivity contribution < 1.29 is 28.6 Å². The van der Waals surface area contributed by atoms with Gasteiger partial charge < -0.3 is 24.1 Å². The lowest BCUT2D eigenvalue weighted by atomic mass is 10.1. The SMILES string of the molecule is CCOC(=O)c1[nH]c(C)c(CN(Cc2ccco2)C(=O)CCC(=O)O)c1C. The van der Waals surface area contributed by atoms with Gasteiger partial charge in [-0.1, -0.05) is 0 Å². The Balaban J connectivity index is 2.25. The summed E-state index contributed by atoms with van der Waals surface area (Å²) in [5, 5.41) is 8.85. The highest BCUT2D eigenvalue weighted by Crippen LogP contribution is 2.22. The standard InChI is InChI=1S/C19H24N2O6/c1-4-26-19(25)18-12(2)15(13(3)20-18)11-21(10-14-6-5-9-27-14)16(22)7-8-17(23)24/h5-6,9,20H,4,7-8,10-11H2,1-3H3,(H,23,24). The van der Waals surface area contributed by atoms with Gasteiger partial charge in [0.25, 0.3) is 0 Å². The average Bonchev–Trinajstić information content (AvgIpc) is 3.22. The third-order valence-corrected chi connectivity index (χ3v) is 4.25. The Morgan fingerprint density at radius 2 is 1.96 bits per heavy atom. The second-order valence-corrected chi connectivity index (χ2v) is 6.17. The molecule has 0 aromatic carbocycles. The topological polar surface area (TPSA) is 113 Å². The molecule has 8 nitrogen and oxygen atoms in total. The number of aryl methyl sites for hydroxylation is 1. The fourth-order valence-corrected chi connectivity index (χ4v) is 2.82. The Bertz CT molecular complexity index is 807. The van der Waals surface area contributed by atoms with Crippen molar-refractivity contribution in [1.29, 1.82) is 0 Å². The second kappa shape index (κ2) is 9.07. The van der Waals surface area contributed by atoms with E-state index in [1.54, 1.807) is 26.0 Å². The van der Waals surface area contributed by atoms with Crippen molar-refractivity contribution >= 4 is 17.8 Å². The fourth-order valence-electron chi connectivity index (χ4n) is 2.82. The molecular weight excluding hydrogens is 352 g/mol. The number of esters is 1. The molecule has 0 saturated heterocycles. The Kier molecular flexibility index (Phi) is 6.81. The van der Waals surface area contributed by atoms with Gasteiger partial charge in [-0.25, -0.2) is 4.79 Å². The van der Waals surface area contributed by atoms with Crippen LogP contribution in [0.2, 0.25) is 0 Å². The van der Waals surface area contributed by atoms with Gasteiger partial charge in [-0.3, -0.25) is 9.59 Å². The predicted molar refractivity (Wildman–Crippen MR) is 96.1 cm³/mol. The Morgan fingerprint density at radius 1 is 1.22 bits per heavy atom. The predicted octanol–water partition coefficient (Wildman–Crippen LogP) is 2.79. The van der Waals surface area contributed by atoms with Gasteiger partial charge >= 0.3 is 11.9 Å². The van der Waals surface area contributed by atoms with Crippen molar-refractivity contribution in [2.24, 2.45) is 0 Å². The lowest BCUT2D eigenvalue weighted by Crippen LogP contribution is -2.30. The summed E-state index contributed by atoms with van der Waals surface area (Å²) in [5.41, 5.74) is 2.63. The Hall–Kier alpha value is -3.03. The van der Waals surface area contributed by atoms with Crippen molar-refractivity contribution in [2.45, 2.75) is 46.7 Å². The van der Waals surface area contributed by atoms with E-state index < -0.39 is 11.9 Å². The number of hydrogen-bond donors (Lipinski definition) is 2. The van der Waals surface area contributed by atoms with Crippen molar-refractivity contribution in [3.8, 4) is 0 Å². The molecule has 0 spiro atoms. The van der Waals surface area contributed by atoms with Gasteiger partial charge in [-0.2, -0.15) is 0 Å². The van der Waals surface area contributed by atoms with E-state index in [1.807, 2.05) is 6.92 Å². The summed E-state index contributed by atoms with van der Waals surface area (Å²) < 4.78 is 10.4. The quantitative estimate of drug-likeness (QED) is 0.651. The van der Waals surface area contributed by atoms with Crippen LogP contribution in [0.3, 0.4) is 0 Å². The van der Waals surface area contributed by atoms with Gasteiger partial charge in [0.15, 0.2) is 0 Å². The van der Waals surface area contributed by atoms with Crippen LogP contribution in [0.15, 0.2) is 22.8 Å². The molecule has 0 atom stereocenters. The van der Waals surface area contributed by atoms with Crippen LogP contribution in [0.5, 0.6) is 0 Å². The molecule has 2 heterocycles. The molecule has 0 aliphatic heterocycles. The number of carbonyl (C=O) groups excluding carboxylic acids is 2. The van der Waals surface area contributed by atoms with Gasteiger partial charge in [0.2, 0.25) is 5.91 Å². The number of aromatic nitrogens is 1. The van der Waals surface area contributed by atoms with Crippen molar-refractivity contribution in [3.63, 3.8) is 0 Å². The molecule has 27 heavy (non-hydrogen) atoms. The first-order valence-electron chi connectivity index (χ1n) is 8.70. The number of carboxylic acid groups (broad SMARTS) is 1. The van der Waals surface area contributed by atoms with Crippen LogP contribution in [0, 0.1) is 13.8 Å². The number of aliphatic carboxylic acids is 1. The molecule has 0 saturated carbocycles. The number of furan rings is 1. The second-order valence-electron chi connectivity index (χ2n) is 6.17. The average molecular weight is 376 g/mol. The number of amides is 1. The molecular formula is C19H24N2O6. The number of nitrogens with zero attached hydrogens (tertiary/aromatic N) is 1. The summed E-state index contributed by atoms with van der Waals surface area (Å²) in [4.78, 5) is 40.0. The van der Waals surface area contributed by atoms with Crippen LogP contribution < -0.4 is 0 Å². The highest BCUT2D eigenvalue weighted by molar-refractivity contribution is 5.90. The maximum atomic E-state index is 12.6. The van der Waals surface area contributed by atoms with Crippen molar-refractivity contribution in [3.05, 3.63) is 46.7 Å². The smallest absolute Gasteiger partial charge is 0.355 e. The first-order valence-corrected chi connectivity index (χ1v) is 8.70. The fraction of sp³-hybridized carbons (Fsp3) is 0.421. The van der Waals surface area contributed by atoms with E-state index in [-0.39, 0.29) is 38.4 Å². The van der Waals surface area contributed by atoms with Gasteiger partial charge in [0.05, 0.1) is 25.8 Å². The van der Waals surface area contributed by atoms with E-state index >= 15 is 0 Å². The molecule has 0 aliphatic rings. The molecule has 2 aromatic rings. The molecule has 0 radical (unpaired) electrons. The molecule has 146 valence electrons. The number of carboxylic acids is 1. The molecule has 0 bridgehead atoms. The zero-order valence-corrected chi connectivity index (χ0v) is 15.7. The summed E-state index contributed by atoms with van der Waals surface area (Å²) in [7, 11) is 0. The normalized spacial score (nSPS) is 10.6. The maximum Gasteiger partial charge on any atom is 0.355 e. The van der Waals surface area contributed by atoms with Crippen LogP contribution in [-0.4, -0.2) is 39.4 Å². The summed E-state index contributed by atoms with van der Waals surface area (Å²) in [5.74, 6) is -1.18. The van der Waals surface area contributed by atoms with Crippen LogP contribution in [0.1, 0.15) is 52.8 Å². The summed E-state index contributed by atoms with van der Waals surface area (Å²) in [6.07, 6.45) is 1.16.